The fourth-order valence-corrected chi connectivity index (χ4v) is 8.12. The highest BCUT2D eigenvalue weighted by Gasteiger charge is 2.19. The van der Waals surface area contributed by atoms with Crippen LogP contribution in [-0.2, 0) is 28.6 Å². The number of hydrogen-bond acceptors (Lipinski definition) is 6. The van der Waals surface area contributed by atoms with Gasteiger partial charge in [0.25, 0.3) is 0 Å². The van der Waals surface area contributed by atoms with Gasteiger partial charge in [-0.3, -0.25) is 14.4 Å². The maximum atomic E-state index is 12.8. The van der Waals surface area contributed by atoms with Crippen molar-refractivity contribution >= 4 is 17.9 Å². The van der Waals surface area contributed by atoms with Crippen LogP contribution in [-0.4, -0.2) is 37.2 Å². The second-order valence-corrected chi connectivity index (χ2v) is 19.9. The van der Waals surface area contributed by atoms with E-state index in [1.165, 1.54) is 173 Å². The van der Waals surface area contributed by atoms with E-state index in [0.717, 1.165) is 75.5 Å². The molecule has 0 aromatic rings. The summed E-state index contributed by atoms with van der Waals surface area (Å²) in [5.74, 6) is 1.63. The van der Waals surface area contributed by atoms with Crippen LogP contribution < -0.4 is 0 Å². The molecule has 0 unspecified atom stereocenters. The van der Waals surface area contributed by atoms with Gasteiger partial charge in [-0.1, -0.05) is 253 Å². The molecule has 6 heteroatoms. The Morgan fingerprint density at radius 2 is 0.483 bits per heavy atom. The molecule has 356 valence electrons. The predicted octanol–water partition coefficient (Wildman–Crippen LogP) is 17.2. The zero-order valence-corrected chi connectivity index (χ0v) is 41.3. The SMILES string of the molecule is CC(C)CCCCCCCCCCCCCCC(=O)OC[C@@H](COC(=O)CCCCCCCCCCCCCC(C)C)OC(=O)CCCCCCCCCCCCC(C)C. The number of rotatable bonds is 47. The molecule has 0 aromatic heterocycles. The maximum Gasteiger partial charge on any atom is 0.306 e. The molecule has 6 nitrogen and oxygen atoms in total. The average molecular weight is 849 g/mol. The van der Waals surface area contributed by atoms with Gasteiger partial charge in [0.15, 0.2) is 6.10 Å². The molecule has 0 fully saturated rings. The topological polar surface area (TPSA) is 78.9 Å². The van der Waals surface area contributed by atoms with Crippen LogP contribution in [0.1, 0.15) is 292 Å². The van der Waals surface area contributed by atoms with Crippen molar-refractivity contribution in [1.29, 1.82) is 0 Å². The van der Waals surface area contributed by atoms with Crippen molar-refractivity contribution in [2.75, 3.05) is 13.2 Å². The van der Waals surface area contributed by atoms with E-state index >= 15 is 0 Å². The van der Waals surface area contributed by atoms with Crippen molar-refractivity contribution in [3.63, 3.8) is 0 Å². The summed E-state index contributed by atoms with van der Waals surface area (Å²) in [7, 11) is 0. The molecule has 0 bridgehead atoms. The molecule has 0 radical (unpaired) electrons. The van der Waals surface area contributed by atoms with Gasteiger partial charge in [-0.2, -0.15) is 0 Å². The number of carbonyl (C=O) groups excluding carboxylic acids is 3. The third-order valence-electron chi connectivity index (χ3n) is 12.1. The van der Waals surface area contributed by atoms with E-state index in [9.17, 15) is 14.4 Å². The molecular formula is C54H104O6. The Balaban J connectivity index is 4.32. The summed E-state index contributed by atoms with van der Waals surface area (Å²) >= 11 is 0. The van der Waals surface area contributed by atoms with Crippen molar-refractivity contribution in [2.24, 2.45) is 17.8 Å². The lowest BCUT2D eigenvalue weighted by Gasteiger charge is -2.18. The van der Waals surface area contributed by atoms with E-state index in [2.05, 4.69) is 41.5 Å². The highest BCUT2D eigenvalue weighted by molar-refractivity contribution is 5.71. The quantitative estimate of drug-likeness (QED) is 0.0345. The smallest absolute Gasteiger partial charge is 0.306 e. The average Bonchev–Trinajstić information content (AvgIpc) is 3.20. The first-order valence-electron chi connectivity index (χ1n) is 26.6. The van der Waals surface area contributed by atoms with E-state index < -0.39 is 6.10 Å². The molecule has 0 aliphatic rings. The molecule has 0 saturated carbocycles. The van der Waals surface area contributed by atoms with Gasteiger partial charge in [0.1, 0.15) is 13.2 Å². The fraction of sp³-hybridized carbons (Fsp3) is 0.944. The van der Waals surface area contributed by atoms with Crippen LogP contribution in [0.15, 0.2) is 0 Å². The zero-order chi connectivity index (χ0) is 44.2. The van der Waals surface area contributed by atoms with Crippen molar-refractivity contribution < 1.29 is 28.6 Å². The highest BCUT2D eigenvalue weighted by atomic mass is 16.6. The van der Waals surface area contributed by atoms with Crippen molar-refractivity contribution in [2.45, 2.75) is 298 Å². The van der Waals surface area contributed by atoms with E-state index in [1.54, 1.807) is 0 Å². The van der Waals surface area contributed by atoms with Crippen molar-refractivity contribution in [3.05, 3.63) is 0 Å². The standard InChI is InChI=1S/C54H104O6/c1-48(2)40-34-28-22-16-10-7-8-12-19-25-31-37-43-52(55)58-46-51(60-54(57)45-39-33-27-21-15-14-18-24-30-36-42-50(5)6)47-59-53(56)44-38-32-26-20-13-9-11-17-23-29-35-41-49(3)4/h48-51H,7-47H2,1-6H3/t51-/m0/s1. The lowest BCUT2D eigenvalue weighted by molar-refractivity contribution is -0.167. The van der Waals surface area contributed by atoms with Crippen molar-refractivity contribution in [1.82, 2.24) is 0 Å². The summed E-state index contributed by atoms with van der Waals surface area (Å²) < 4.78 is 16.8. The normalized spacial score (nSPS) is 12.2. The maximum absolute atomic E-state index is 12.8. The minimum Gasteiger partial charge on any atom is -0.462 e. The van der Waals surface area contributed by atoms with Gasteiger partial charge in [-0.15, -0.1) is 0 Å². The Morgan fingerprint density at radius 1 is 0.283 bits per heavy atom. The summed E-state index contributed by atoms with van der Waals surface area (Å²) in [4.78, 5) is 38.0. The third kappa shape index (κ3) is 47.5. The lowest BCUT2D eigenvalue weighted by atomic mass is 10.0. The molecule has 0 aliphatic heterocycles. The van der Waals surface area contributed by atoms with Gasteiger partial charge < -0.3 is 14.2 Å². The van der Waals surface area contributed by atoms with Crippen LogP contribution in [0.2, 0.25) is 0 Å². The summed E-state index contributed by atoms with van der Waals surface area (Å²) in [5, 5.41) is 0. The largest absolute Gasteiger partial charge is 0.462 e. The van der Waals surface area contributed by atoms with Crippen LogP contribution in [0.4, 0.5) is 0 Å². The van der Waals surface area contributed by atoms with Gasteiger partial charge in [0.05, 0.1) is 0 Å². The Labute approximate surface area is 374 Å². The third-order valence-corrected chi connectivity index (χ3v) is 12.1. The lowest BCUT2D eigenvalue weighted by Crippen LogP contribution is -2.30. The summed E-state index contributed by atoms with van der Waals surface area (Å²) in [6.07, 6.45) is 45.2. The molecule has 0 heterocycles. The summed E-state index contributed by atoms with van der Waals surface area (Å²) in [6, 6.07) is 0. The molecular weight excluding hydrogens is 745 g/mol. The molecule has 60 heavy (non-hydrogen) atoms. The molecule has 0 aliphatic carbocycles. The summed E-state index contributed by atoms with van der Waals surface area (Å²) in [5.41, 5.74) is 0. The molecule has 0 N–H and O–H groups in total. The minimum atomic E-state index is -0.763. The highest BCUT2D eigenvalue weighted by Crippen LogP contribution is 2.18. The molecule has 0 amide bonds. The first kappa shape index (κ1) is 58.4. The number of ether oxygens (including phenoxy) is 3. The van der Waals surface area contributed by atoms with Crippen LogP contribution in [0.25, 0.3) is 0 Å². The van der Waals surface area contributed by atoms with Crippen LogP contribution in [0.3, 0.4) is 0 Å². The first-order valence-corrected chi connectivity index (χ1v) is 26.6. The second kappa shape index (κ2) is 45.4. The van der Waals surface area contributed by atoms with Gasteiger partial charge >= 0.3 is 17.9 Å². The zero-order valence-electron chi connectivity index (χ0n) is 41.3. The van der Waals surface area contributed by atoms with Gasteiger partial charge in [0.2, 0.25) is 0 Å². The Kier molecular flexibility index (Phi) is 44.2. The fourth-order valence-electron chi connectivity index (χ4n) is 8.12. The first-order chi connectivity index (χ1) is 29.1. The van der Waals surface area contributed by atoms with Gasteiger partial charge in [-0.25, -0.2) is 0 Å². The monoisotopic (exact) mass is 849 g/mol. The van der Waals surface area contributed by atoms with Crippen LogP contribution in [0.5, 0.6) is 0 Å². The molecule has 0 rings (SSSR count). The Morgan fingerprint density at radius 3 is 0.717 bits per heavy atom. The second-order valence-electron chi connectivity index (χ2n) is 19.9. The van der Waals surface area contributed by atoms with E-state index in [-0.39, 0.29) is 31.1 Å². The van der Waals surface area contributed by atoms with Gasteiger partial charge in [-0.05, 0) is 37.0 Å². The minimum absolute atomic E-state index is 0.0645. The number of unbranched alkanes of at least 4 members (excludes halogenated alkanes) is 30. The van der Waals surface area contributed by atoms with E-state index in [1.807, 2.05) is 0 Å². The van der Waals surface area contributed by atoms with Crippen LogP contribution >= 0.6 is 0 Å². The number of carbonyl (C=O) groups is 3. The Bertz CT molecular complexity index is 929. The molecule has 1 atom stereocenters. The van der Waals surface area contributed by atoms with Crippen LogP contribution in [0, 0.1) is 17.8 Å². The molecule has 0 saturated heterocycles. The number of esters is 3. The van der Waals surface area contributed by atoms with E-state index in [0.29, 0.717) is 19.3 Å². The predicted molar refractivity (Wildman–Crippen MR) is 256 cm³/mol. The summed E-state index contributed by atoms with van der Waals surface area (Å²) in [6.45, 7) is 13.7. The van der Waals surface area contributed by atoms with E-state index in [4.69, 9.17) is 14.2 Å². The molecule has 0 aromatic carbocycles. The Hall–Kier alpha value is -1.59. The van der Waals surface area contributed by atoms with Crippen molar-refractivity contribution in [3.8, 4) is 0 Å². The van der Waals surface area contributed by atoms with Gasteiger partial charge in [0, 0.05) is 19.3 Å². The molecule has 0 spiro atoms. The number of hydrogen-bond donors (Lipinski definition) is 0.